The number of hydrogen-bond donors (Lipinski definition) is 1. The van der Waals surface area contributed by atoms with Crippen LogP contribution in [-0.2, 0) is 9.59 Å². The average molecular weight is 388 g/mol. The SMILES string of the molecule is O=C(CN1C(=O)S/C(=C/c2cccs2)C1=O)Nc1ccc2c(c1)OCO2. The number of ether oxygens (including phenoxy) is 2. The highest BCUT2D eigenvalue weighted by Gasteiger charge is 2.36. The lowest BCUT2D eigenvalue weighted by molar-refractivity contribution is -0.127. The Kier molecular flexibility index (Phi) is 4.39. The minimum atomic E-state index is -0.469. The molecule has 1 aromatic carbocycles. The molecule has 3 heterocycles. The maximum atomic E-state index is 12.4. The first-order valence-electron chi connectivity index (χ1n) is 7.58. The molecule has 132 valence electrons. The normalized spacial score (nSPS) is 17.2. The van der Waals surface area contributed by atoms with Crippen LogP contribution in [0.5, 0.6) is 11.5 Å². The molecule has 2 aliphatic heterocycles. The van der Waals surface area contributed by atoms with Crippen molar-refractivity contribution < 1.29 is 23.9 Å². The molecule has 0 atom stereocenters. The number of carbonyl (C=O) groups excluding carboxylic acids is 3. The van der Waals surface area contributed by atoms with Crippen molar-refractivity contribution in [1.82, 2.24) is 4.90 Å². The van der Waals surface area contributed by atoms with Crippen LogP contribution in [0, 0.1) is 0 Å². The minimum absolute atomic E-state index is 0.139. The molecule has 0 spiro atoms. The molecule has 9 heteroatoms. The summed E-state index contributed by atoms with van der Waals surface area (Å²) in [6.07, 6.45) is 1.66. The van der Waals surface area contributed by atoms with E-state index >= 15 is 0 Å². The van der Waals surface area contributed by atoms with Gasteiger partial charge in [-0.25, -0.2) is 0 Å². The second-order valence-electron chi connectivity index (χ2n) is 5.40. The Hall–Kier alpha value is -2.78. The van der Waals surface area contributed by atoms with Crippen LogP contribution >= 0.6 is 23.1 Å². The van der Waals surface area contributed by atoms with Gasteiger partial charge in [-0.2, -0.15) is 0 Å². The topological polar surface area (TPSA) is 84.9 Å². The number of rotatable bonds is 4. The molecule has 0 unspecified atom stereocenters. The van der Waals surface area contributed by atoms with Gasteiger partial charge in [0.1, 0.15) is 6.54 Å². The van der Waals surface area contributed by atoms with Crippen molar-refractivity contribution in [2.45, 2.75) is 0 Å². The molecule has 0 saturated carbocycles. The Morgan fingerprint density at radius 3 is 2.88 bits per heavy atom. The van der Waals surface area contributed by atoms with E-state index in [-0.39, 0.29) is 13.3 Å². The van der Waals surface area contributed by atoms with Crippen LogP contribution in [0.25, 0.3) is 6.08 Å². The number of nitrogens with zero attached hydrogens (tertiary/aromatic N) is 1. The van der Waals surface area contributed by atoms with Crippen LogP contribution in [0.2, 0.25) is 0 Å². The van der Waals surface area contributed by atoms with Gasteiger partial charge in [0.15, 0.2) is 11.5 Å². The maximum absolute atomic E-state index is 12.4. The first-order chi connectivity index (χ1) is 12.6. The number of imide groups is 1. The van der Waals surface area contributed by atoms with Crippen LogP contribution < -0.4 is 14.8 Å². The highest BCUT2D eigenvalue weighted by Crippen LogP contribution is 2.35. The maximum Gasteiger partial charge on any atom is 0.294 e. The predicted octanol–water partition coefficient (Wildman–Crippen LogP) is 3.15. The molecule has 0 radical (unpaired) electrons. The van der Waals surface area contributed by atoms with Gasteiger partial charge in [0.25, 0.3) is 11.1 Å². The van der Waals surface area contributed by atoms with Gasteiger partial charge in [-0.1, -0.05) is 6.07 Å². The summed E-state index contributed by atoms with van der Waals surface area (Å²) >= 11 is 2.30. The summed E-state index contributed by atoms with van der Waals surface area (Å²) < 4.78 is 10.5. The fourth-order valence-corrected chi connectivity index (χ4v) is 4.02. The van der Waals surface area contributed by atoms with Crippen molar-refractivity contribution in [3.8, 4) is 11.5 Å². The molecule has 1 saturated heterocycles. The standard InChI is InChI=1S/C17H12N2O5S2/c20-15(18-10-3-4-12-13(6-10)24-9-23-12)8-19-16(21)14(26-17(19)22)7-11-2-1-5-25-11/h1-7H,8-9H2,(H,18,20)/b14-7+. The Morgan fingerprint density at radius 2 is 2.08 bits per heavy atom. The van der Waals surface area contributed by atoms with Crippen molar-refractivity contribution in [1.29, 1.82) is 0 Å². The predicted molar refractivity (Wildman–Crippen MR) is 98.2 cm³/mol. The third-order valence-corrected chi connectivity index (χ3v) is 5.37. The molecule has 3 amide bonds. The van der Waals surface area contributed by atoms with Gasteiger partial charge in [-0.05, 0) is 41.4 Å². The number of carbonyl (C=O) groups is 3. The summed E-state index contributed by atoms with van der Waals surface area (Å²) in [5.74, 6) is 0.207. The highest BCUT2D eigenvalue weighted by molar-refractivity contribution is 8.18. The van der Waals surface area contributed by atoms with Crippen molar-refractivity contribution in [3.05, 3.63) is 45.5 Å². The number of thioether (sulfide) groups is 1. The van der Waals surface area contributed by atoms with Crippen LogP contribution in [0.3, 0.4) is 0 Å². The number of nitrogens with one attached hydrogen (secondary N) is 1. The first-order valence-corrected chi connectivity index (χ1v) is 9.28. The third kappa shape index (κ3) is 3.31. The number of amides is 3. The fourth-order valence-electron chi connectivity index (χ4n) is 2.46. The van der Waals surface area contributed by atoms with Crippen LogP contribution in [-0.4, -0.2) is 35.3 Å². The molecular weight excluding hydrogens is 376 g/mol. The van der Waals surface area contributed by atoms with Crippen molar-refractivity contribution >= 4 is 51.9 Å². The second kappa shape index (κ2) is 6.85. The zero-order valence-electron chi connectivity index (χ0n) is 13.3. The Balaban J connectivity index is 1.42. The van der Waals surface area contributed by atoms with Crippen molar-refractivity contribution in [2.75, 3.05) is 18.7 Å². The minimum Gasteiger partial charge on any atom is -0.454 e. The molecule has 1 aromatic heterocycles. The number of benzene rings is 1. The number of thiophene rings is 1. The summed E-state index contributed by atoms with van der Waals surface area (Å²) in [6, 6.07) is 8.69. The molecule has 2 aliphatic rings. The van der Waals surface area contributed by atoms with Gasteiger partial charge in [0.05, 0.1) is 4.91 Å². The van der Waals surface area contributed by atoms with Gasteiger partial charge in [0.2, 0.25) is 12.7 Å². The van der Waals surface area contributed by atoms with Crippen LogP contribution in [0.1, 0.15) is 4.88 Å². The lowest BCUT2D eigenvalue weighted by Gasteiger charge is -2.12. The molecular formula is C17H12N2O5S2. The van der Waals surface area contributed by atoms with Crippen LogP contribution in [0.4, 0.5) is 10.5 Å². The van der Waals surface area contributed by atoms with E-state index in [0.29, 0.717) is 22.1 Å². The molecule has 26 heavy (non-hydrogen) atoms. The van der Waals surface area contributed by atoms with E-state index in [1.165, 1.54) is 11.3 Å². The largest absolute Gasteiger partial charge is 0.454 e. The van der Waals surface area contributed by atoms with E-state index in [9.17, 15) is 14.4 Å². The first kappa shape index (κ1) is 16.7. The Bertz CT molecular complexity index is 923. The number of fused-ring (bicyclic) bond motifs is 1. The van der Waals surface area contributed by atoms with E-state index in [0.717, 1.165) is 21.5 Å². The van der Waals surface area contributed by atoms with Crippen molar-refractivity contribution in [2.24, 2.45) is 0 Å². The van der Waals surface area contributed by atoms with Gasteiger partial charge in [-0.15, -0.1) is 11.3 Å². The smallest absolute Gasteiger partial charge is 0.294 e. The van der Waals surface area contributed by atoms with E-state index in [1.54, 1.807) is 24.3 Å². The zero-order chi connectivity index (χ0) is 18.1. The molecule has 1 fully saturated rings. The van der Waals surface area contributed by atoms with E-state index in [2.05, 4.69) is 5.32 Å². The molecule has 0 aliphatic carbocycles. The van der Waals surface area contributed by atoms with Gasteiger partial charge >= 0.3 is 0 Å². The monoisotopic (exact) mass is 388 g/mol. The third-order valence-electron chi connectivity index (χ3n) is 3.65. The summed E-state index contributed by atoms with van der Waals surface area (Å²) in [4.78, 5) is 38.8. The molecule has 0 bridgehead atoms. The van der Waals surface area contributed by atoms with Crippen LogP contribution in [0.15, 0.2) is 40.6 Å². The summed E-state index contributed by atoms with van der Waals surface area (Å²) in [6.45, 7) is -0.207. The molecule has 7 nitrogen and oxygen atoms in total. The lowest BCUT2D eigenvalue weighted by Crippen LogP contribution is -2.36. The number of anilines is 1. The Morgan fingerprint density at radius 1 is 1.23 bits per heavy atom. The molecule has 4 rings (SSSR count). The van der Waals surface area contributed by atoms with Gasteiger partial charge in [-0.3, -0.25) is 19.3 Å². The number of hydrogen-bond acceptors (Lipinski definition) is 7. The zero-order valence-corrected chi connectivity index (χ0v) is 14.9. The van der Waals surface area contributed by atoms with Crippen molar-refractivity contribution in [3.63, 3.8) is 0 Å². The molecule has 1 N–H and O–H groups in total. The molecule has 2 aromatic rings. The summed E-state index contributed by atoms with van der Waals surface area (Å²) in [5, 5.41) is 4.08. The van der Waals surface area contributed by atoms with Gasteiger partial charge in [0, 0.05) is 16.6 Å². The van der Waals surface area contributed by atoms with Gasteiger partial charge < -0.3 is 14.8 Å². The highest BCUT2D eigenvalue weighted by atomic mass is 32.2. The fraction of sp³-hybridized carbons (Fsp3) is 0.118. The Labute approximate surface area is 156 Å². The summed E-state index contributed by atoms with van der Waals surface area (Å²) in [5.41, 5.74) is 0.500. The summed E-state index contributed by atoms with van der Waals surface area (Å²) in [7, 11) is 0. The van der Waals surface area contributed by atoms with E-state index in [4.69, 9.17) is 9.47 Å². The van der Waals surface area contributed by atoms with E-state index in [1.807, 2.05) is 17.5 Å². The lowest BCUT2D eigenvalue weighted by atomic mass is 10.2. The van der Waals surface area contributed by atoms with E-state index < -0.39 is 17.1 Å². The second-order valence-corrected chi connectivity index (χ2v) is 7.37. The average Bonchev–Trinajstić information content (AvgIpc) is 3.33. The quantitative estimate of drug-likeness (QED) is 0.810.